The topological polar surface area (TPSA) is 116 Å². The Kier molecular flexibility index (Phi) is 7.92. The van der Waals surface area contributed by atoms with Crippen LogP contribution in [0.5, 0.6) is 0 Å². The normalized spacial score (nSPS) is 26.2. The molecule has 0 spiro atoms. The zero-order valence-corrected chi connectivity index (χ0v) is 21.6. The van der Waals surface area contributed by atoms with Crippen molar-refractivity contribution < 1.29 is 36.6 Å². The summed E-state index contributed by atoms with van der Waals surface area (Å²) < 4.78 is 67.4. The predicted molar refractivity (Wildman–Crippen MR) is 132 cm³/mol. The molecule has 202 valence electrons. The third-order valence-electron chi connectivity index (χ3n) is 7.40. The Hall–Kier alpha value is -2.18. The summed E-state index contributed by atoms with van der Waals surface area (Å²) >= 11 is 6.23. The number of anilines is 1. The van der Waals surface area contributed by atoms with Crippen molar-refractivity contribution in [3.8, 4) is 0 Å². The molecule has 7 nitrogen and oxygen atoms in total. The lowest BCUT2D eigenvalue weighted by Crippen LogP contribution is -2.54. The number of halogens is 4. The van der Waals surface area contributed by atoms with Gasteiger partial charge in [0.2, 0.25) is 0 Å². The molecule has 2 bridgehead atoms. The maximum absolute atomic E-state index is 13.6. The molecule has 0 saturated heterocycles. The van der Waals surface area contributed by atoms with E-state index in [4.69, 9.17) is 11.6 Å². The first-order chi connectivity index (χ1) is 17.3. The van der Waals surface area contributed by atoms with Gasteiger partial charge in [0.05, 0.1) is 26.9 Å². The van der Waals surface area contributed by atoms with Crippen LogP contribution in [0.1, 0.15) is 43.0 Å². The van der Waals surface area contributed by atoms with E-state index in [9.17, 15) is 36.6 Å². The van der Waals surface area contributed by atoms with E-state index < -0.39 is 50.2 Å². The summed E-state index contributed by atoms with van der Waals surface area (Å²) in [6.45, 7) is 2.19. The molecule has 2 aromatic rings. The van der Waals surface area contributed by atoms with E-state index in [-0.39, 0.29) is 52.4 Å². The molecule has 2 saturated carbocycles. The van der Waals surface area contributed by atoms with E-state index in [1.165, 1.54) is 12.1 Å². The van der Waals surface area contributed by atoms with Crippen LogP contribution in [-0.2, 0) is 9.84 Å². The van der Waals surface area contributed by atoms with Crippen molar-refractivity contribution in [1.82, 2.24) is 5.32 Å². The maximum Gasteiger partial charge on any atom is 0.255 e. The summed E-state index contributed by atoms with van der Waals surface area (Å²) in [5.74, 6) is -6.03. The molecule has 0 aromatic heterocycles. The number of nitrogens with one attached hydrogen (secondary N) is 2. The van der Waals surface area contributed by atoms with Crippen LogP contribution in [0, 0.1) is 29.3 Å². The molecular formula is C25H28ClF3N2O5S. The Morgan fingerprint density at radius 3 is 2.30 bits per heavy atom. The number of hydrogen-bond acceptors (Lipinski definition) is 6. The number of hydrogen-bond donors (Lipinski definition) is 4. The zero-order chi connectivity index (χ0) is 27.1. The van der Waals surface area contributed by atoms with E-state index in [0.29, 0.717) is 31.5 Å². The second kappa shape index (κ2) is 10.5. The van der Waals surface area contributed by atoms with Crippen molar-refractivity contribution in [2.24, 2.45) is 11.8 Å². The fourth-order valence-corrected chi connectivity index (χ4v) is 7.91. The summed E-state index contributed by atoms with van der Waals surface area (Å²) in [4.78, 5) is 12.4. The molecule has 0 radical (unpaired) electrons. The average Bonchev–Trinajstić information content (AvgIpc) is 2.98. The van der Waals surface area contributed by atoms with Crippen LogP contribution in [0.25, 0.3) is 0 Å². The lowest BCUT2D eigenvalue weighted by atomic mass is 9.74. The fraction of sp³-hybridized carbons (Fsp3) is 0.480. The number of benzene rings is 2. The predicted octanol–water partition coefficient (Wildman–Crippen LogP) is 3.67. The van der Waals surface area contributed by atoms with Gasteiger partial charge in [0.25, 0.3) is 5.91 Å². The molecule has 2 aliphatic rings. The van der Waals surface area contributed by atoms with Crippen LogP contribution < -0.4 is 10.6 Å². The lowest BCUT2D eigenvalue weighted by Gasteiger charge is -2.42. The van der Waals surface area contributed by atoms with Crippen LogP contribution in [0.3, 0.4) is 0 Å². The molecule has 0 heterocycles. The van der Waals surface area contributed by atoms with Gasteiger partial charge >= 0.3 is 0 Å². The summed E-state index contributed by atoms with van der Waals surface area (Å²) in [5, 5.41) is 25.2. The molecule has 2 fully saturated rings. The Morgan fingerprint density at radius 2 is 1.73 bits per heavy atom. The standard InChI is InChI=1S/C25H28ClF3N2O5S/c1-13(32)11-30-12-25(34)15-3-4-16(25)8-18(7-15)37(35,36)22-6-14(2-5-19(22)26)24(33)31-17-9-20(27)23(29)21(28)10-17/h2,5-6,9-10,13,15-16,18,30,32,34H,3-4,7-8,11-12H2,1H3,(H,31,33). The number of carbonyl (C=O) groups is 1. The first-order valence-electron chi connectivity index (χ1n) is 11.9. The molecule has 4 rings (SSSR count). The van der Waals surface area contributed by atoms with Crippen molar-refractivity contribution in [2.75, 3.05) is 18.4 Å². The van der Waals surface area contributed by atoms with Crippen molar-refractivity contribution in [3.63, 3.8) is 0 Å². The van der Waals surface area contributed by atoms with Gasteiger partial charge in [-0.2, -0.15) is 0 Å². The average molecular weight is 561 g/mol. The highest BCUT2D eigenvalue weighted by atomic mass is 35.5. The van der Waals surface area contributed by atoms with Gasteiger partial charge in [0.1, 0.15) is 0 Å². The highest BCUT2D eigenvalue weighted by molar-refractivity contribution is 7.92. The van der Waals surface area contributed by atoms with Gasteiger partial charge in [-0.1, -0.05) is 11.6 Å². The minimum Gasteiger partial charge on any atom is -0.392 e. The van der Waals surface area contributed by atoms with Crippen LogP contribution in [-0.4, -0.2) is 54.6 Å². The number of sulfone groups is 1. The van der Waals surface area contributed by atoms with Gasteiger partial charge < -0.3 is 20.8 Å². The third-order valence-corrected chi connectivity index (χ3v) is 10.1. The fourth-order valence-electron chi connectivity index (χ4n) is 5.51. The van der Waals surface area contributed by atoms with Crippen LogP contribution in [0.15, 0.2) is 35.2 Å². The Labute approximate surface area is 217 Å². The summed E-state index contributed by atoms with van der Waals surface area (Å²) in [6, 6.07) is 4.85. The van der Waals surface area contributed by atoms with E-state index in [0.717, 1.165) is 6.07 Å². The SMILES string of the molecule is CC(O)CNCC1(O)C2CCC1CC(S(=O)(=O)c1cc(C(=O)Nc3cc(F)c(F)c(F)c3)ccc1Cl)C2. The second-order valence-corrected chi connectivity index (χ2v) is 12.5. The number of aliphatic hydroxyl groups excluding tert-OH is 1. The van der Waals surface area contributed by atoms with E-state index in [1.54, 1.807) is 6.92 Å². The van der Waals surface area contributed by atoms with E-state index in [2.05, 4.69) is 10.6 Å². The number of carbonyl (C=O) groups excluding carboxylic acids is 1. The lowest BCUT2D eigenvalue weighted by molar-refractivity contribution is -0.0572. The first kappa shape index (κ1) is 27.8. The maximum atomic E-state index is 13.6. The molecular weight excluding hydrogens is 533 g/mol. The number of fused-ring (bicyclic) bond motifs is 2. The van der Waals surface area contributed by atoms with Crippen LogP contribution >= 0.6 is 11.6 Å². The van der Waals surface area contributed by atoms with Gasteiger partial charge in [0.15, 0.2) is 27.3 Å². The highest BCUT2D eigenvalue weighted by Gasteiger charge is 2.55. The second-order valence-electron chi connectivity index (χ2n) is 9.93. The van der Waals surface area contributed by atoms with Crippen LogP contribution in [0.4, 0.5) is 18.9 Å². The third kappa shape index (κ3) is 5.51. The monoisotopic (exact) mass is 560 g/mol. The molecule has 1 amide bonds. The summed E-state index contributed by atoms with van der Waals surface area (Å²) in [5.41, 5.74) is -1.54. The number of rotatable bonds is 8. The Balaban J connectivity index is 1.53. The van der Waals surface area contributed by atoms with Gasteiger partial charge in [-0.25, -0.2) is 21.6 Å². The largest absolute Gasteiger partial charge is 0.392 e. The first-order valence-corrected chi connectivity index (χ1v) is 13.9. The summed E-state index contributed by atoms with van der Waals surface area (Å²) in [7, 11) is -4.00. The molecule has 0 aliphatic heterocycles. The van der Waals surface area contributed by atoms with Crippen molar-refractivity contribution in [2.45, 2.75) is 54.5 Å². The molecule has 37 heavy (non-hydrogen) atoms. The van der Waals surface area contributed by atoms with E-state index >= 15 is 0 Å². The Bertz CT molecular complexity index is 1270. The molecule has 12 heteroatoms. The van der Waals surface area contributed by atoms with E-state index in [1.807, 2.05) is 0 Å². The zero-order valence-electron chi connectivity index (χ0n) is 20.0. The van der Waals surface area contributed by atoms with Crippen molar-refractivity contribution >= 4 is 33.0 Å². The number of amides is 1. The summed E-state index contributed by atoms with van der Waals surface area (Å²) in [6.07, 6.45) is 1.19. The minimum atomic E-state index is -4.00. The Morgan fingerprint density at radius 1 is 1.14 bits per heavy atom. The molecule has 3 unspecified atom stereocenters. The number of aliphatic hydroxyl groups is 2. The minimum absolute atomic E-state index is 0.0813. The van der Waals surface area contributed by atoms with Gasteiger partial charge in [-0.3, -0.25) is 4.79 Å². The molecule has 3 atom stereocenters. The van der Waals surface area contributed by atoms with Crippen molar-refractivity contribution in [1.29, 1.82) is 0 Å². The van der Waals surface area contributed by atoms with Gasteiger partial charge in [-0.05, 0) is 62.6 Å². The van der Waals surface area contributed by atoms with Crippen molar-refractivity contribution in [3.05, 3.63) is 58.4 Å². The smallest absolute Gasteiger partial charge is 0.255 e. The molecule has 4 N–H and O–H groups in total. The molecule has 2 aromatic carbocycles. The van der Waals surface area contributed by atoms with Crippen LogP contribution in [0.2, 0.25) is 5.02 Å². The highest BCUT2D eigenvalue weighted by Crippen LogP contribution is 2.52. The van der Waals surface area contributed by atoms with Gasteiger partial charge in [-0.15, -0.1) is 0 Å². The quantitative estimate of drug-likeness (QED) is 0.366. The van der Waals surface area contributed by atoms with Gasteiger partial charge in [0, 0.05) is 36.5 Å². The molecule has 2 aliphatic carbocycles.